The van der Waals surface area contributed by atoms with Crippen LogP contribution in [0.2, 0.25) is 0 Å². The number of aliphatic hydroxyl groups is 1. The van der Waals surface area contributed by atoms with Crippen LogP contribution in [0.25, 0.3) is 0 Å². The van der Waals surface area contributed by atoms with Crippen LogP contribution in [0.4, 0.5) is 0 Å². The largest absolute Gasteiger partial charge is 0.394 e. The minimum absolute atomic E-state index is 0. The van der Waals surface area contributed by atoms with Crippen molar-refractivity contribution in [3.63, 3.8) is 0 Å². The molecular weight excluding hydrogens is 228 g/mol. The van der Waals surface area contributed by atoms with Gasteiger partial charge in [-0.3, -0.25) is 4.98 Å². The summed E-state index contributed by atoms with van der Waals surface area (Å²) >= 11 is 0. The zero-order chi connectivity index (χ0) is 10.9. The van der Waals surface area contributed by atoms with Crippen molar-refractivity contribution in [2.24, 2.45) is 0 Å². The second-order valence-electron chi connectivity index (χ2n) is 3.26. The Bertz CT molecular complexity index is 284. The normalized spacial score (nSPS) is 9.88. The van der Waals surface area contributed by atoms with Gasteiger partial charge in [0.1, 0.15) is 0 Å². The first-order valence-electron chi connectivity index (χ1n) is 5.14. The summed E-state index contributed by atoms with van der Waals surface area (Å²) in [5.74, 6) is 0. The molecule has 0 fully saturated rings. The molecule has 5 heteroatoms. The van der Waals surface area contributed by atoms with Gasteiger partial charge in [0.2, 0.25) is 0 Å². The Hall–Kier alpha value is -0.680. The standard InChI is InChI=1S/C11H18N2O2.ClH/c1-10-11(3-2-4-13-10)9-12-5-7-15-8-6-14;/h2-4,12,14H,5-9H2,1H3;1H. The molecule has 4 nitrogen and oxygen atoms in total. The van der Waals surface area contributed by atoms with Crippen molar-refractivity contribution in [2.45, 2.75) is 13.5 Å². The summed E-state index contributed by atoms with van der Waals surface area (Å²) in [6, 6.07) is 4.00. The van der Waals surface area contributed by atoms with Crippen molar-refractivity contribution in [2.75, 3.05) is 26.4 Å². The van der Waals surface area contributed by atoms with E-state index in [2.05, 4.69) is 16.4 Å². The third-order valence-electron chi connectivity index (χ3n) is 2.09. The zero-order valence-corrected chi connectivity index (χ0v) is 10.3. The van der Waals surface area contributed by atoms with Crippen LogP contribution < -0.4 is 5.32 Å². The smallest absolute Gasteiger partial charge is 0.0698 e. The summed E-state index contributed by atoms with van der Waals surface area (Å²) in [5, 5.41) is 11.7. The molecule has 0 aromatic carbocycles. The molecule has 0 spiro atoms. The van der Waals surface area contributed by atoms with E-state index in [1.807, 2.05) is 13.0 Å². The predicted octanol–water partition coefficient (Wildman–Crippen LogP) is 0.910. The molecule has 0 bridgehead atoms. The van der Waals surface area contributed by atoms with E-state index in [-0.39, 0.29) is 19.0 Å². The van der Waals surface area contributed by atoms with Gasteiger partial charge in [-0.15, -0.1) is 12.4 Å². The van der Waals surface area contributed by atoms with Crippen molar-refractivity contribution in [1.29, 1.82) is 0 Å². The fourth-order valence-electron chi connectivity index (χ4n) is 1.24. The lowest BCUT2D eigenvalue weighted by Crippen LogP contribution is -2.20. The van der Waals surface area contributed by atoms with Crippen LogP contribution in [0.3, 0.4) is 0 Å². The van der Waals surface area contributed by atoms with E-state index in [1.165, 1.54) is 5.56 Å². The molecule has 1 aromatic heterocycles. The minimum Gasteiger partial charge on any atom is -0.394 e. The lowest BCUT2D eigenvalue weighted by molar-refractivity contribution is 0.0938. The third-order valence-corrected chi connectivity index (χ3v) is 2.09. The van der Waals surface area contributed by atoms with Crippen LogP contribution in [-0.4, -0.2) is 36.5 Å². The Labute approximate surface area is 102 Å². The van der Waals surface area contributed by atoms with Crippen LogP contribution in [0.5, 0.6) is 0 Å². The summed E-state index contributed by atoms with van der Waals surface area (Å²) in [5.41, 5.74) is 2.26. The minimum atomic E-state index is 0. The molecule has 0 atom stereocenters. The van der Waals surface area contributed by atoms with Crippen LogP contribution in [0.15, 0.2) is 18.3 Å². The van der Waals surface area contributed by atoms with Gasteiger partial charge < -0.3 is 15.2 Å². The van der Waals surface area contributed by atoms with E-state index in [9.17, 15) is 0 Å². The van der Waals surface area contributed by atoms with Gasteiger partial charge in [0.15, 0.2) is 0 Å². The number of rotatable bonds is 7. The fraction of sp³-hybridized carbons (Fsp3) is 0.545. The Morgan fingerprint density at radius 3 is 2.94 bits per heavy atom. The average molecular weight is 247 g/mol. The molecule has 1 aromatic rings. The van der Waals surface area contributed by atoms with Crippen molar-refractivity contribution < 1.29 is 9.84 Å². The highest BCUT2D eigenvalue weighted by molar-refractivity contribution is 5.85. The molecule has 1 heterocycles. The summed E-state index contributed by atoms with van der Waals surface area (Å²) < 4.78 is 5.12. The molecule has 0 aliphatic heterocycles. The summed E-state index contributed by atoms with van der Waals surface area (Å²) in [7, 11) is 0. The maximum absolute atomic E-state index is 8.48. The number of ether oxygens (including phenoxy) is 1. The fourth-order valence-corrected chi connectivity index (χ4v) is 1.24. The zero-order valence-electron chi connectivity index (χ0n) is 9.48. The number of hydrogen-bond acceptors (Lipinski definition) is 4. The molecule has 0 saturated heterocycles. The molecule has 2 N–H and O–H groups in total. The second-order valence-corrected chi connectivity index (χ2v) is 3.26. The van der Waals surface area contributed by atoms with Crippen molar-refractivity contribution in [3.05, 3.63) is 29.6 Å². The van der Waals surface area contributed by atoms with E-state index >= 15 is 0 Å². The molecular formula is C11H19ClN2O2. The van der Waals surface area contributed by atoms with Gasteiger partial charge in [-0.1, -0.05) is 6.07 Å². The third kappa shape index (κ3) is 6.02. The Kier molecular flexibility index (Phi) is 9.13. The highest BCUT2D eigenvalue weighted by atomic mass is 35.5. The van der Waals surface area contributed by atoms with E-state index < -0.39 is 0 Å². The number of nitrogens with zero attached hydrogens (tertiary/aromatic N) is 1. The molecule has 0 saturated carbocycles. The number of halogens is 1. The van der Waals surface area contributed by atoms with Gasteiger partial charge >= 0.3 is 0 Å². The van der Waals surface area contributed by atoms with E-state index in [1.54, 1.807) is 6.20 Å². The number of aromatic nitrogens is 1. The maximum Gasteiger partial charge on any atom is 0.0698 e. The predicted molar refractivity (Wildman–Crippen MR) is 65.8 cm³/mol. The van der Waals surface area contributed by atoms with Crippen LogP contribution >= 0.6 is 12.4 Å². The van der Waals surface area contributed by atoms with Crippen LogP contribution in [0, 0.1) is 6.92 Å². The first kappa shape index (κ1) is 15.3. The number of aliphatic hydroxyl groups excluding tert-OH is 1. The van der Waals surface area contributed by atoms with Gasteiger partial charge in [0, 0.05) is 25.0 Å². The molecule has 0 aliphatic rings. The second kappa shape index (κ2) is 9.54. The molecule has 1 rings (SSSR count). The number of pyridine rings is 1. The van der Waals surface area contributed by atoms with Gasteiger partial charge in [-0.05, 0) is 18.6 Å². The SMILES string of the molecule is Cc1ncccc1CNCCOCCO.Cl. The van der Waals surface area contributed by atoms with Gasteiger partial charge in [0.05, 0.1) is 19.8 Å². The summed E-state index contributed by atoms with van der Waals surface area (Å²) in [6.45, 7) is 4.71. The summed E-state index contributed by atoms with van der Waals surface area (Å²) in [6.07, 6.45) is 1.79. The van der Waals surface area contributed by atoms with E-state index in [0.717, 1.165) is 18.8 Å². The Morgan fingerprint density at radius 1 is 1.44 bits per heavy atom. The Morgan fingerprint density at radius 2 is 2.25 bits per heavy atom. The average Bonchev–Trinajstić information content (AvgIpc) is 2.25. The topological polar surface area (TPSA) is 54.4 Å². The number of hydrogen-bond donors (Lipinski definition) is 2. The molecule has 92 valence electrons. The monoisotopic (exact) mass is 246 g/mol. The summed E-state index contributed by atoms with van der Waals surface area (Å²) in [4.78, 5) is 4.20. The first-order chi connectivity index (χ1) is 7.34. The van der Waals surface area contributed by atoms with Crippen LogP contribution in [-0.2, 0) is 11.3 Å². The maximum atomic E-state index is 8.48. The van der Waals surface area contributed by atoms with Gasteiger partial charge in [0.25, 0.3) is 0 Å². The van der Waals surface area contributed by atoms with Gasteiger partial charge in [-0.2, -0.15) is 0 Å². The Balaban J connectivity index is 0.00000225. The van der Waals surface area contributed by atoms with Crippen molar-refractivity contribution in [1.82, 2.24) is 10.3 Å². The molecule has 0 aliphatic carbocycles. The highest BCUT2D eigenvalue weighted by Crippen LogP contribution is 2.01. The van der Waals surface area contributed by atoms with E-state index in [0.29, 0.717) is 13.2 Å². The van der Waals surface area contributed by atoms with Crippen LogP contribution in [0.1, 0.15) is 11.3 Å². The highest BCUT2D eigenvalue weighted by Gasteiger charge is 1.96. The molecule has 0 amide bonds. The molecule has 16 heavy (non-hydrogen) atoms. The number of aryl methyl sites for hydroxylation is 1. The molecule has 0 radical (unpaired) electrons. The quantitative estimate of drug-likeness (QED) is 0.703. The lowest BCUT2D eigenvalue weighted by atomic mass is 10.2. The van der Waals surface area contributed by atoms with Gasteiger partial charge in [-0.25, -0.2) is 0 Å². The molecule has 0 unspecified atom stereocenters. The first-order valence-corrected chi connectivity index (χ1v) is 5.14. The lowest BCUT2D eigenvalue weighted by Gasteiger charge is -2.06. The van der Waals surface area contributed by atoms with E-state index in [4.69, 9.17) is 9.84 Å². The van der Waals surface area contributed by atoms with Crippen molar-refractivity contribution >= 4 is 12.4 Å². The van der Waals surface area contributed by atoms with Crippen molar-refractivity contribution in [3.8, 4) is 0 Å². The number of nitrogens with one attached hydrogen (secondary N) is 1.